The highest BCUT2D eigenvalue weighted by molar-refractivity contribution is 7.09. The Bertz CT molecular complexity index is 1780. The highest BCUT2D eigenvalue weighted by atomic mass is 32.1. The summed E-state index contributed by atoms with van der Waals surface area (Å²) in [6.45, 7) is -0.393. The molecule has 4 amide bonds. The largest absolute Gasteiger partial charge is 0.497 e. The number of carboxylic acids is 1. The molecule has 6 rings (SSSR count). The van der Waals surface area contributed by atoms with Crippen molar-refractivity contribution in [1.82, 2.24) is 21.3 Å². The molecule has 1 aromatic heterocycles. The SMILES string of the molecule is COc1cccc(C[C@H]2NC(=O)[C@H](Cc3cccs3)NC(=O)COc3ccc(cc3)C[C@@H](C(=O)O)NC(=O)[C@H](Cc3ccccc3)NC2=O)c1. The quantitative estimate of drug-likeness (QED) is 0.175. The van der Waals surface area contributed by atoms with Crippen molar-refractivity contribution in [2.24, 2.45) is 0 Å². The van der Waals surface area contributed by atoms with Crippen LogP contribution in [0.15, 0.2) is 96.4 Å². The molecule has 0 radical (unpaired) electrons. The average molecular weight is 699 g/mol. The van der Waals surface area contributed by atoms with Crippen LogP contribution in [0.4, 0.5) is 0 Å². The zero-order valence-corrected chi connectivity index (χ0v) is 28.1. The van der Waals surface area contributed by atoms with Gasteiger partial charge in [-0.2, -0.15) is 0 Å². The Labute approximate surface area is 293 Å². The number of benzene rings is 3. The van der Waals surface area contributed by atoms with Crippen LogP contribution in [0.25, 0.3) is 0 Å². The van der Waals surface area contributed by atoms with Crippen LogP contribution >= 0.6 is 11.3 Å². The maximum absolute atomic E-state index is 14.1. The standard InChI is InChI=1S/C37H38N4O8S/c1-48-27-10-5-9-25(17-27)20-30-34(43)39-29(18-23-7-3-2-4-8-23)35(44)41-32(37(46)47)19-24-12-14-26(15-13-24)49-22-33(42)38-31(36(45)40-30)21-28-11-6-16-50-28/h2-17,29-32H,18-22H2,1H3,(H,38,42)(H,39,43)(H,40,45)(H,41,44)(H,46,47)/t29-,30+,31-,32-/m0/s1. The molecule has 2 aliphatic rings. The number of carbonyl (C=O) groups excluding carboxylic acids is 4. The number of fused-ring (bicyclic) bond motifs is 16. The van der Waals surface area contributed by atoms with Gasteiger partial charge in [-0.15, -0.1) is 11.3 Å². The highest BCUT2D eigenvalue weighted by Crippen LogP contribution is 2.17. The van der Waals surface area contributed by atoms with Gasteiger partial charge >= 0.3 is 5.97 Å². The second kappa shape index (κ2) is 17.1. The first-order chi connectivity index (χ1) is 24.2. The number of hydrogen-bond donors (Lipinski definition) is 5. The minimum absolute atomic E-state index is 0.0168. The van der Waals surface area contributed by atoms with Gasteiger partial charge in [0.1, 0.15) is 35.7 Å². The van der Waals surface area contributed by atoms with Crippen LogP contribution in [0.2, 0.25) is 0 Å². The molecule has 5 N–H and O–H groups in total. The van der Waals surface area contributed by atoms with E-state index in [0.717, 1.165) is 10.4 Å². The van der Waals surface area contributed by atoms with Crippen LogP contribution in [0.1, 0.15) is 21.6 Å². The summed E-state index contributed by atoms with van der Waals surface area (Å²) in [5.74, 6) is -2.92. The molecule has 0 spiro atoms. The van der Waals surface area contributed by atoms with Gasteiger partial charge in [-0.1, -0.05) is 60.7 Å². The van der Waals surface area contributed by atoms with E-state index in [4.69, 9.17) is 9.47 Å². The molecule has 0 fully saturated rings. The Morgan fingerprint density at radius 2 is 1.40 bits per heavy atom. The van der Waals surface area contributed by atoms with Gasteiger partial charge in [0.15, 0.2) is 6.61 Å². The first-order valence-electron chi connectivity index (χ1n) is 16.0. The van der Waals surface area contributed by atoms with Crippen molar-refractivity contribution in [3.05, 3.63) is 118 Å². The fourth-order valence-corrected chi connectivity index (χ4v) is 6.25. The Morgan fingerprint density at radius 1 is 0.760 bits per heavy atom. The molecule has 260 valence electrons. The fourth-order valence-electron chi connectivity index (χ4n) is 5.50. The molecule has 3 aromatic carbocycles. The predicted molar refractivity (Wildman–Crippen MR) is 186 cm³/mol. The number of hydrogen-bond acceptors (Lipinski definition) is 8. The van der Waals surface area contributed by atoms with Crippen molar-refractivity contribution in [3.63, 3.8) is 0 Å². The number of rotatable bonds is 8. The summed E-state index contributed by atoms with van der Waals surface area (Å²) in [6.07, 6.45) is 0.177. The number of methoxy groups -OCH3 is 1. The van der Waals surface area contributed by atoms with Crippen molar-refractivity contribution in [2.75, 3.05) is 13.7 Å². The summed E-state index contributed by atoms with van der Waals surface area (Å²) in [5.41, 5.74) is 1.98. The molecule has 13 heteroatoms. The number of thiophene rings is 1. The second-order valence-electron chi connectivity index (χ2n) is 11.8. The fraction of sp³-hybridized carbons (Fsp3) is 0.270. The summed E-state index contributed by atoms with van der Waals surface area (Å²) in [7, 11) is 1.51. The zero-order chi connectivity index (χ0) is 35.5. The Kier molecular flexibility index (Phi) is 12.2. The van der Waals surface area contributed by atoms with E-state index in [9.17, 15) is 29.1 Å². The molecule has 2 aliphatic heterocycles. The average Bonchev–Trinajstić information content (AvgIpc) is 3.63. The lowest BCUT2D eigenvalue weighted by Crippen LogP contribution is -2.59. The molecule has 2 bridgehead atoms. The lowest BCUT2D eigenvalue weighted by Gasteiger charge is -2.26. The van der Waals surface area contributed by atoms with Crippen LogP contribution in [0, 0.1) is 0 Å². The zero-order valence-electron chi connectivity index (χ0n) is 27.3. The molecule has 3 heterocycles. The van der Waals surface area contributed by atoms with E-state index in [-0.39, 0.29) is 25.7 Å². The predicted octanol–water partition coefficient (Wildman–Crippen LogP) is 2.44. The summed E-state index contributed by atoms with van der Waals surface area (Å²) in [4.78, 5) is 68.1. The molecule has 0 aliphatic carbocycles. The third kappa shape index (κ3) is 10.2. The summed E-state index contributed by atoms with van der Waals surface area (Å²) in [6, 6.07) is 21.4. The minimum Gasteiger partial charge on any atom is -0.497 e. The molecule has 4 aromatic rings. The first kappa shape index (κ1) is 35.6. The van der Waals surface area contributed by atoms with E-state index in [2.05, 4.69) is 21.3 Å². The molecule has 50 heavy (non-hydrogen) atoms. The monoisotopic (exact) mass is 698 g/mol. The molecular formula is C37H38N4O8S. The summed E-state index contributed by atoms with van der Waals surface area (Å²) in [5, 5.41) is 22.8. The second-order valence-corrected chi connectivity index (χ2v) is 12.8. The maximum atomic E-state index is 14.1. The van der Waals surface area contributed by atoms with Gasteiger partial charge < -0.3 is 35.8 Å². The number of ether oxygens (including phenoxy) is 2. The van der Waals surface area contributed by atoms with E-state index in [1.807, 2.05) is 23.6 Å². The molecule has 4 atom stereocenters. The summed E-state index contributed by atoms with van der Waals surface area (Å²) < 4.78 is 11.0. The first-order valence-corrected chi connectivity index (χ1v) is 16.9. The van der Waals surface area contributed by atoms with Crippen molar-refractivity contribution in [2.45, 2.75) is 49.9 Å². The van der Waals surface area contributed by atoms with Crippen LogP contribution in [0.5, 0.6) is 11.5 Å². The van der Waals surface area contributed by atoms with Crippen LogP contribution in [0.3, 0.4) is 0 Å². The Morgan fingerprint density at radius 3 is 2.04 bits per heavy atom. The van der Waals surface area contributed by atoms with Crippen molar-refractivity contribution < 1.29 is 38.6 Å². The number of nitrogens with one attached hydrogen (secondary N) is 4. The van der Waals surface area contributed by atoms with Gasteiger partial charge in [-0.3, -0.25) is 19.2 Å². The topological polar surface area (TPSA) is 172 Å². The normalized spacial score (nSPS) is 20.5. The molecule has 0 saturated carbocycles. The van der Waals surface area contributed by atoms with Gasteiger partial charge in [0.2, 0.25) is 17.7 Å². The van der Waals surface area contributed by atoms with E-state index in [1.54, 1.807) is 72.8 Å². The number of carbonyl (C=O) groups is 5. The van der Waals surface area contributed by atoms with Crippen molar-refractivity contribution >= 4 is 40.9 Å². The van der Waals surface area contributed by atoms with Crippen LogP contribution in [-0.4, -0.2) is 72.6 Å². The van der Waals surface area contributed by atoms with E-state index < -0.39 is 60.4 Å². The molecular weight excluding hydrogens is 660 g/mol. The van der Waals surface area contributed by atoms with E-state index >= 15 is 0 Å². The van der Waals surface area contributed by atoms with E-state index in [0.29, 0.717) is 22.6 Å². The highest BCUT2D eigenvalue weighted by Gasteiger charge is 2.32. The van der Waals surface area contributed by atoms with Crippen LogP contribution < -0.4 is 30.7 Å². The van der Waals surface area contributed by atoms with E-state index in [1.165, 1.54) is 18.4 Å². The lowest BCUT2D eigenvalue weighted by atomic mass is 10.0. The number of carboxylic acid groups (broad SMARTS) is 1. The molecule has 0 saturated heterocycles. The van der Waals surface area contributed by atoms with Crippen LogP contribution in [-0.2, 0) is 49.7 Å². The van der Waals surface area contributed by atoms with Gasteiger partial charge in [-0.05, 0) is 52.4 Å². The number of amides is 4. The number of aliphatic carboxylic acids is 1. The third-order valence-electron chi connectivity index (χ3n) is 8.11. The molecule has 0 unspecified atom stereocenters. The van der Waals surface area contributed by atoms with Gasteiger partial charge in [0.25, 0.3) is 5.91 Å². The minimum atomic E-state index is -1.32. The Hall–Kier alpha value is -5.69. The van der Waals surface area contributed by atoms with Gasteiger partial charge in [0, 0.05) is 30.6 Å². The van der Waals surface area contributed by atoms with Gasteiger partial charge in [-0.25, -0.2) is 4.79 Å². The van der Waals surface area contributed by atoms with Crippen molar-refractivity contribution in [1.29, 1.82) is 0 Å². The van der Waals surface area contributed by atoms with Gasteiger partial charge in [0.05, 0.1) is 7.11 Å². The Balaban J connectivity index is 1.51. The maximum Gasteiger partial charge on any atom is 0.326 e. The molecule has 12 nitrogen and oxygen atoms in total. The lowest BCUT2D eigenvalue weighted by molar-refractivity contribution is -0.142. The smallest absolute Gasteiger partial charge is 0.326 e. The van der Waals surface area contributed by atoms with Crippen molar-refractivity contribution in [3.8, 4) is 11.5 Å². The summed E-state index contributed by atoms with van der Waals surface area (Å²) >= 11 is 1.42. The third-order valence-corrected chi connectivity index (χ3v) is 9.01.